The van der Waals surface area contributed by atoms with E-state index in [1.807, 2.05) is 18.2 Å². The van der Waals surface area contributed by atoms with Crippen molar-refractivity contribution < 1.29 is 33.3 Å². The van der Waals surface area contributed by atoms with Crippen LogP contribution in [-0.2, 0) is 34.0 Å². The molecule has 8 heteroatoms. The SMILES string of the molecule is CCNC(=O)C1(C23c4ccccc4OC2CC(=O)CC3OC)CC(=O)CC(OC)O1. The van der Waals surface area contributed by atoms with Gasteiger partial charge in [0.15, 0.2) is 11.9 Å². The number of ether oxygens (including phenoxy) is 4. The number of fused-ring (bicyclic) bond motifs is 3. The Morgan fingerprint density at radius 1 is 1.13 bits per heavy atom. The zero-order valence-corrected chi connectivity index (χ0v) is 17.4. The zero-order chi connectivity index (χ0) is 21.5. The van der Waals surface area contributed by atoms with E-state index in [1.54, 1.807) is 13.0 Å². The fraction of sp³-hybridized carbons (Fsp3) is 0.591. The van der Waals surface area contributed by atoms with Crippen molar-refractivity contribution in [3.8, 4) is 5.75 Å². The van der Waals surface area contributed by atoms with Crippen molar-refractivity contribution in [2.45, 2.75) is 62.1 Å². The molecule has 2 fully saturated rings. The Balaban J connectivity index is 2.01. The Morgan fingerprint density at radius 2 is 1.90 bits per heavy atom. The Morgan fingerprint density at radius 3 is 2.60 bits per heavy atom. The first-order chi connectivity index (χ1) is 14.4. The van der Waals surface area contributed by atoms with Crippen LogP contribution in [0.5, 0.6) is 5.75 Å². The summed E-state index contributed by atoms with van der Waals surface area (Å²) >= 11 is 0. The van der Waals surface area contributed by atoms with Crippen LogP contribution in [-0.4, -0.2) is 62.3 Å². The number of benzene rings is 1. The highest BCUT2D eigenvalue weighted by atomic mass is 16.7. The van der Waals surface area contributed by atoms with Crippen LogP contribution in [0, 0.1) is 0 Å². The number of methoxy groups -OCH3 is 2. The molecule has 2 aliphatic heterocycles. The first-order valence-electron chi connectivity index (χ1n) is 10.2. The van der Waals surface area contributed by atoms with E-state index in [-0.39, 0.29) is 37.2 Å². The minimum absolute atomic E-state index is 0.0215. The summed E-state index contributed by atoms with van der Waals surface area (Å²) in [5.41, 5.74) is -2.11. The molecule has 3 aliphatic rings. The summed E-state index contributed by atoms with van der Waals surface area (Å²) in [7, 11) is 2.95. The van der Waals surface area contributed by atoms with E-state index in [0.717, 1.165) is 0 Å². The minimum Gasteiger partial charge on any atom is -0.488 e. The van der Waals surface area contributed by atoms with Crippen molar-refractivity contribution in [2.75, 3.05) is 20.8 Å². The van der Waals surface area contributed by atoms with E-state index in [0.29, 0.717) is 17.9 Å². The van der Waals surface area contributed by atoms with E-state index >= 15 is 0 Å². The van der Waals surface area contributed by atoms with Gasteiger partial charge in [-0.05, 0) is 13.0 Å². The van der Waals surface area contributed by atoms with Gasteiger partial charge in [-0.25, -0.2) is 0 Å². The summed E-state index contributed by atoms with van der Waals surface area (Å²) < 4.78 is 23.8. The monoisotopic (exact) mass is 417 g/mol. The number of hydrogen-bond donors (Lipinski definition) is 1. The maximum absolute atomic E-state index is 13.7. The number of carbonyl (C=O) groups excluding carboxylic acids is 3. The van der Waals surface area contributed by atoms with E-state index in [4.69, 9.17) is 18.9 Å². The summed E-state index contributed by atoms with van der Waals surface area (Å²) in [6.45, 7) is 2.16. The number of carbonyl (C=O) groups is 3. The molecule has 1 aromatic rings. The second-order valence-electron chi connectivity index (χ2n) is 8.03. The molecule has 1 aliphatic carbocycles. The molecule has 2 heterocycles. The first kappa shape index (κ1) is 21.0. The molecule has 1 saturated heterocycles. The zero-order valence-electron chi connectivity index (χ0n) is 17.4. The lowest BCUT2D eigenvalue weighted by Gasteiger charge is -2.55. The summed E-state index contributed by atoms with van der Waals surface area (Å²) in [6.07, 6.45) is -2.19. The van der Waals surface area contributed by atoms with Gasteiger partial charge in [-0.2, -0.15) is 0 Å². The van der Waals surface area contributed by atoms with Crippen molar-refractivity contribution in [1.82, 2.24) is 5.32 Å². The van der Waals surface area contributed by atoms with Gasteiger partial charge in [-0.1, -0.05) is 18.2 Å². The van der Waals surface area contributed by atoms with Crippen molar-refractivity contribution in [1.29, 1.82) is 0 Å². The molecule has 1 amide bonds. The van der Waals surface area contributed by atoms with Gasteiger partial charge < -0.3 is 24.3 Å². The Bertz CT molecular complexity index is 859. The number of para-hydroxylation sites is 1. The lowest BCUT2D eigenvalue weighted by atomic mass is 9.54. The van der Waals surface area contributed by atoms with Gasteiger partial charge >= 0.3 is 0 Å². The van der Waals surface area contributed by atoms with E-state index < -0.39 is 35.4 Å². The fourth-order valence-corrected chi connectivity index (χ4v) is 5.42. The Hall–Kier alpha value is -2.29. The number of rotatable bonds is 5. The molecule has 5 atom stereocenters. The first-order valence-corrected chi connectivity index (χ1v) is 10.2. The van der Waals surface area contributed by atoms with Crippen LogP contribution in [0.1, 0.15) is 38.2 Å². The molecule has 162 valence electrons. The average molecular weight is 417 g/mol. The predicted molar refractivity (Wildman–Crippen MR) is 105 cm³/mol. The van der Waals surface area contributed by atoms with E-state index in [1.165, 1.54) is 14.2 Å². The maximum Gasteiger partial charge on any atom is 0.254 e. The van der Waals surface area contributed by atoms with E-state index in [9.17, 15) is 14.4 Å². The predicted octanol–water partition coefficient (Wildman–Crippen LogP) is 1.29. The normalized spacial score (nSPS) is 35.4. The molecular weight excluding hydrogens is 390 g/mol. The third-order valence-electron chi connectivity index (χ3n) is 6.54. The Kier molecular flexibility index (Phi) is 5.42. The molecule has 30 heavy (non-hydrogen) atoms. The molecule has 1 N–H and O–H groups in total. The molecule has 1 aromatic carbocycles. The molecule has 5 unspecified atom stereocenters. The maximum atomic E-state index is 13.7. The molecule has 0 aromatic heterocycles. The topological polar surface area (TPSA) is 100 Å². The standard InChI is InChI=1S/C22H27NO7/c1-4-23-20(26)21(12-14(25)11-19(28-3)30-21)22-15-7-5-6-8-16(15)29-18(22)10-13(24)9-17(22)27-2/h5-8,17-19H,4,9-12H2,1-3H3,(H,23,26). The van der Waals surface area contributed by atoms with Crippen molar-refractivity contribution in [3.63, 3.8) is 0 Å². The third kappa shape index (κ3) is 2.81. The number of Topliss-reactive ketones (excluding diaryl/α,β-unsaturated/α-hetero) is 2. The van der Waals surface area contributed by atoms with Gasteiger partial charge in [0.2, 0.25) is 0 Å². The number of amides is 1. The van der Waals surface area contributed by atoms with Crippen LogP contribution in [0.3, 0.4) is 0 Å². The molecule has 0 spiro atoms. The lowest BCUT2D eigenvalue weighted by molar-refractivity contribution is -0.258. The second kappa shape index (κ2) is 7.76. The summed E-state index contributed by atoms with van der Waals surface area (Å²) in [4.78, 5) is 39.1. The number of ketones is 2. The Labute approximate surface area is 175 Å². The van der Waals surface area contributed by atoms with E-state index in [2.05, 4.69) is 5.32 Å². The molecule has 1 saturated carbocycles. The molecule has 0 bridgehead atoms. The van der Waals surface area contributed by atoms with Crippen LogP contribution in [0.25, 0.3) is 0 Å². The van der Waals surface area contributed by atoms with Crippen LogP contribution in [0.2, 0.25) is 0 Å². The molecule has 4 rings (SSSR count). The largest absolute Gasteiger partial charge is 0.488 e. The van der Waals surface area contributed by atoms with Crippen molar-refractivity contribution in [2.24, 2.45) is 0 Å². The van der Waals surface area contributed by atoms with Crippen LogP contribution in [0.15, 0.2) is 24.3 Å². The minimum atomic E-state index is -1.64. The molecule has 0 radical (unpaired) electrons. The van der Waals surface area contributed by atoms with Crippen molar-refractivity contribution >= 4 is 17.5 Å². The van der Waals surface area contributed by atoms with Crippen LogP contribution >= 0.6 is 0 Å². The summed E-state index contributed by atoms with van der Waals surface area (Å²) in [6, 6.07) is 7.34. The average Bonchev–Trinajstić information content (AvgIpc) is 3.07. The molecular formula is C22H27NO7. The fourth-order valence-electron chi connectivity index (χ4n) is 5.42. The van der Waals surface area contributed by atoms with Gasteiger partial charge in [-0.3, -0.25) is 14.4 Å². The van der Waals surface area contributed by atoms with Crippen LogP contribution in [0.4, 0.5) is 0 Å². The number of hydrogen-bond acceptors (Lipinski definition) is 7. The lowest BCUT2D eigenvalue weighted by Crippen LogP contribution is -2.74. The van der Waals surface area contributed by atoms with Gasteiger partial charge in [0, 0.05) is 45.6 Å². The third-order valence-corrected chi connectivity index (χ3v) is 6.54. The van der Waals surface area contributed by atoms with Gasteiger partial charge in [-0.15, -0.1) is 0 Å². The molecule has 8 nitrogen and oxygen atoms in total. The second-order valence-corrected chi connectivity index (χ2v) is 8.03. The quantitative estimate of drug-likeness (QED) is 0.771. The highest BCUT2D eigenvalue weighted by molar-refractivity contribution is 5.96. The summed E-state index contributed by atoms with van der Waals surface area (Å²) in [5.74, 6) is -0.0318. The highest BCUT2D eigenvalue weighted by Crippen LogP contribution is 2.59. The smallest absolute Gasteiger partial charge is 0.254 e. The van der Waals surface area contributed by atoms with Crippen LogP contribution < -0.4 is 10.1 Å². The number of nitrogens with one attached hydrogen (secondary N) is 1. The summed E-state index contributed by atoms with van der Waals surface area (Å²) in [5, 5.41) is 2.84. The van der Waals surface area contributed by atoms with Crippen molar-refractivity contribution in [3.05, 3.63) is 29.8 Å². The van der Waals surface area contributed by atoms with Gasteiger partial charge in [0.05, 0.1) is 12.5 Å². The van der Waals surface area contributed by atoms with Gasteiger partial charge in [0.1, 0.15) is 28.8 Å². The highest BCUT2D eigenvalue weighted by Gasteiger charge is 2.73. The van der Waals surface area contributed by atoms with Gasteiger partial charge in [0.25, 0.3) is 5.91 Å². The number of likely N-dealkylation sites (N-methyl/N-ethyl adjacent to an activating group) is 1.